The van der Waals surface area contributed by atoms with Crippen molar-refractivity contribution in [2.45, 2.75) is 0 Å². The topological polar surface area (TPSA) is 145 Å². The van der Waals surface area contributed by atoms with Gasteiger partial charge in [-0.3, -0.25) is 19.2 Å². The molecule has 10 heteroatoms. The van der Waals surface area contributed by atoms with Crippen LogP contribution in [-0.2, 0) is 0 Å². The molecule has 0 fully saturated rings. The number of nitrogen functional groups attached to an aromatic ring is 2. The fourth-order valence-corrected chi connectivity index (χ4v) is 5.92. The molecule has 46 heavy (non-hydrogen) atoms. The van der Waals surface area contributed by atoms with Crippen LogP contribution in [0.15, 0.2) is 97.1 Å². The predicted octanol–water partition coefficient (Wildman–Crippen LogP) is 5.80. The number of imide groups is 2. The van der Waals surface area contributed by atoms with Crippen LogP contribution in [-0.4, -0.2) is 37.8 Å². The first-order valence-corrected chi connectivity index (χ1v) is 14.2. The minimum Gasteiger partial charge on any atom is -0.491 e. The molecular weight excluding hydrogens is 584 g/mol. The van der Waals surface area contributed by atoms with Gasteiger partial charge in [0.05, 0.1) is 47.8 Å². The van der Waals surface area contributed by atoms with Crippen molar-refractivity contribution in [1.29, 1.82) is 0 Å². The Balaban J connectivity index is 1.25. The number of nitrogens with zero attached hydrogens (tertiary/aromatic N) is 2. The van der Waals surface area contributed by atoms with Crippen LogP contribution in [0.1, 0.15) is 41.4 Å². The van der Waals surface area contributed by atoms with E-state index < -0.39 is 23.6 Å². The van der Waals surface area contributed by atoms with Gasteiger partial charge in [-0.2, -0.15) is 0 Å². The molecule has 0 spiro atoms. The summed E-state index contributed by atoms with van der Waals surface area (Å²) >= 11 is 0. The normalized spacial score (nSPS) is 13.7. The fourth-order valence-electron chi connectivity index (χ4n) is 5.92. The van der Waals surface area contributed by atoms with Gasteiger partial charge >= 0.3 is 0 Å². The standard InChI is InChI=1S/C36H26N4O6/c1-45-31-29(39-33(41)25-13-7-21(17-27(25)35(39)43)19-3-9-23(37)10-4-19)15-16-30(32(31)46-2)40-34(42)26-14-8-22(18-28(26)36(40)44)20-5-11-24(38)12-6-20/h3-18H,37-38H2,1-2H3. The van der Waals surface area contributed by atoms with E-state index in [0.29, 0.717) is 11.4 Å². The minimum absolute atomic E-state index is 0.00684. The quantitative estimate of drug-likeness (QED) is 0.181. The zero-order valence-corrected chi connectivity index (χ0v) is 24.7. The van der Waals surface area contributed by atoms with Crippen LogP contribution in [0, 0.1) is 0 Å². The summed E-state index contributed by atoms with van der Waals surface area (Å²) in [4.78, 5) is 56.7. The van der Waals surface area contributed by atoms with E-state index in [1.807, 2.05) is 24.3 Å². The highest BCUT2D eigenvalue weighted by Gasteiger charge is 2.42. The molecule has 4 N–H and O–H groups in total. The number of ether oxygens (including phenoxy) is 2. The molecular formula is C36H26N4O6. The summed E-state index contributed by atoms with van der Waals surface area (Å²) in [6.07, 6.45) is 0. The molecule has 0 radical (unpaired) electrons. The van der Waals surface area contributed by atoms with Crippen LogP contribution < -0.4 is 30.7 Å². The Kier molecular flexibility index (Phi) is 6.56. The highest BCUT2D eigenvalue weighted by atomic mass is 16.5. The number of rotatable bonds is 6. The highest BCUT2D eigenvalue weighted by molar-refractivity contribution is 6.37. The zero-order chi connectivity index (χ0) is 32.3. The van der Waals surface area contributed by atoms with Crippen molar-refractivity contribution in [3.63, 3.8) is 0 Å². The average molecular weight is 611 g/mol. The second kappa shape index (κ2) is 10.6. The summed E-state index contributed by atoms with van der Waals surface area (Å²) in [5.74, 6) is -2.19. The molecule has 7 rings (SSSR count). The number of anilines is 4. The number of hydrogen-bond donors (Lipinski definition) is 2. The molecule has 0 saturated carbocycles. The van der Waals surface area contributed by atoms with Gasteiger partial charge in [0.15, 0.2) is 11.5 Å². The first kappa shape index (κ1) is 28.4. The average Bonchev–Trinajstić information content (AvgIpc) is 3.47. The van der Waals surface area contributed by atoms with Crippen molar-refractivity contribution < 1.29 is 28.7 Å². The summed E-state index contributed by atoms with van der Waals surface area (Å²) in [6, 6.07) is 27.4. The monoisotopic (exact) mass is 610 g/mol. The van der Waals surface area contributed by atoms with Gasteiger partial charge in [0, 0.05) is 11.4 Å². The van der Waals surface area contributed by atoms with Crippen molar-refractivity contribution in [2.24, 2.45) is 0 Å². The van der Waals surface area contributed by atoms with E-state index in [1.54, 1.807) is 60.7 Å². The molecule has 2 aliphatic rings. The Bertz CT molecular complexity index is 1970. The number of fused-ring (bicyclic) bond motifs is 2. The largest absolute Gasteiger partial charge is 0.491 e. The number of amides is 4. The molecule has 0 saturated heterocycles. The van der Waals surface area contributed by atoms with Gasteiger partial charge in [0.25, 0.3) is 23.6 Å². The molecule has 0 bridgehead atoms. The van der Waals surface area contributed by atoms with E-state index in [0.717, 1.165) is 32.1 Å². The summed E-state index contributed by atoms with van der Waals surface area (Å²) in [5, 5.41) is 0. The Morgan fingerprint density at radius 2 is 0.761 bits per heavy atom. The number of carbonyl (C=O) groups is 4. The summed E-state index contributed by atoms with van der Waals surface area (Å²) in [6.45, 7) is 0. The number of benzene rings is 5. The SMILES string of the molecule is COc1c(N2C(=O)c3ccc(-c4ccc(N)cc4)cc3C2=O)ccc(N2C(=O)c3ccc(-c4ccc(N)cc4)cc3C2=O)c1OC. The van der Waals surface area contributed by atoms with Crippen LogP contribution in [0.5, 0.6) is 11.5 Å². The van der Waals surface area contributed by atoms with Crippen molar-refractivity contribution in [3.05, 3.63) is 119 Å². The lowest BCUT2D eigenvalue weighted by molar-refractivity contribution is 0.0908. The molecule has 0 aliphatic carbocycles. The lowest BCUT2D eigenvalue weighted by Gasteiger charge is -2.24. The van der Waals surface area contributed by atoms with E-state index >= 15 is 0 Å². The van der Waals surface area contributed by atoms with Crippen LogP contribution in [0.4, 0.5) is 22.7 Å². The number of methoxy groups -OCH3 is 2. The number of nitrogens with two attached hydrogens (primary N) is 2. The maximum Gasteiger partial charge on any atom is 0.266 e. The second-order valence-electron chi connectivity index (χ2n) is 10.8. The third-order valence-electron chi connectivity index (χ3n) is 8.22. The number of hydrogen-bond acceptors (Lipinski definition) is 8. The summed E-state index contributed by atoms with van der Waals surface area (Å²) in [7, 11) is 2.70. The molecule has 0 aromatic heterocycles. The maximum atomic E-state index is 13.7. The van der Waals surface area contributed by atoms with Gasteiger partial charge in [0.1, 0.15) is 0 Å². The summed E-state index contributed by atoms with van der Waals surface area (Å²) in [5.41, 5.74) is 17.1. The van der Waals surface area contributed by atoms with Gasteiger partial charge in [-0.25, -0.2) is 9.80 Å². The van der Waals surface area contributed by atoms with Crippen molar-refractivity contribution >= 4 is 46.4 Å². The van der Waals surface area contributed by atoms with E-state index in [9.17, 15) is 19.2 Å². The zero-order valence-electron chi connectivity index (χ0n) is 24.7. The fraction of sp³-hybridized carbons (Fsp3) is 0.0556. The molecule has 226 valence electrons. The van der Waals surface area contributed by atoms with Gasteiger partial charge in [0.2, 0.25) is 0 Å². The Hall–Kier alpha value is -6.42. The van der Waals surface area contributed by atoms with Crippen LogP contribution in [0.25, 0.3) is 22.3 Å². The molecule has 5 aromatic carbocycles. The molecule has 10 nitrogen and oxygen atoms in total. The van der Waals surface area contributed by atoms with E-state index in [-0.39, 0.29) is 45.1 Å². The molecule has 5 aromatic rings. The van der Waals surface area contributed by atoms with Crippen LogP contribution >= 0.6 is 0 Å². The Morgan fingerprint density at radius 1 is 0.435 bits per heavy atom. The molecule has 0 unspecified atom stereocenters. The lowest BCUT2D eigenvalue weighted by atomic mass is 10.00. The van der Waals surface area contributed by atoms with Crippen molar-refractivity contribution in [2.75, 3.05) is 35.5 Å². The first-order valence-electron chi connectivity index (χ1n) is 14.2. The minimum atomic E-state index is -0.554. The third-order valence-corrected chi connectivity index (χ3v) is 8.22. The molecule has 2 aliphatic heterocycles. The van der Waals surface area contributed by atoms with Crippen LogP contribution in [0.3, 0.4) is 0 Å². The highest BCUT2D eigenvalue weighted by Crippen LogP contribution is 2.48. The molecule has 4 amide bonds. The second-order valence-corrected chi connectivity index (χ2v) is 10.8. The van der Waals surface area contributed by atoms with E-state index in [2.05, 4.69) is 0 Å². The smallest absolute Gasteiger partial charge is 0.266 e. The van der Waals surface area contributed by atoms with E-state index in [1.165, 1.54) is 26.4 Å². The van der Waals surface area contributed by atoms with Gasteiger partial charge < -0.3 is 20.9 Å². The number of carbonyl (C=O) groups excluding carboxylic acids is 4. The first-order chi connectivity index (χ1) is 22.2. The molecule has 0 atom stereocenters. The van der Waals surface area contributed by atoms with Crippen LogP contribution in [0.2, 0.25) is 0 Å². The maximum absolute atomic E-state index is 13.7. The lowest BCUT2D eigenvalue weighted by Crippen LogP contribution is -2.31. The van der Waals surface area contributed by atoms with Crippen molar-refractivity contribution in [1.82, 2.24) is 0 Å². The molecule has 2 heterocycles. The van der Waals surface area contributed by atoms with Gasteiger partial charge in [-0.1, -0.05) is 36.4 Å². The predicted molar refractivity (Wildman–Crippen MR) is 174 cm³/mol. The van der Waals surface area contributed by atoms with Crippen molar-refractivity contribution in [3.8, 4) is 33.8 Å². The van der Waals surface area contributed by atoms with E-state index in [4.69, 9.17) is 20.9 Å². The summed E-state index contributed by atoms with van der Waals surface area (Å²) < 4.78 is 11.3. The van der Waals surface area contributed by atoms with Gasteiger partial charge in [-0.05, 0) is 82.9 Å². The Morgan fingerprint density at radius 3 is 1.11 bits per heavy atom. The Labute approximate surface area is 263 Å². The van der Waals surface area contributed by atoms with Gasteiger partial charge in [-0.15, -0.1) is 0 Å². The third kappa shape index (κ3) is 4.27.